The SMILES string of the molecule is N#Cc1cc(F)c(-c2nc(N)nc(N)c2C#N)cc1F. The van der Waals surface area contributed by atoms with E-state index in [1.54, 1.807) is 6.07 Å². The van der Waals surface area contributed by atoms with E-state index in [1.165, 1.54) is 6.07 Å². The predicted octanol–water partition coefficient (Wildman–Crippen LogP) is 1.33. The number of nitrogens with zero attached hydrogens (tertiary/aromatic N) is 4. The van der Waals surface area contributed by atoms with Crippen LogP contribution in [0.25, 0.3) is 11.3 Å². The van der Waals surface area contributed by atoms with Gasteiger partial charge in [-0.05, 0) is 12.1 Å². The van der Waals surface area contributed by atoms with E-state index in [9.17, 15) is 8.78 Å². The molecule has 6 nitrogen and oxygen atoms in total. The maximum absolute atomic E-state index is 13.9. The summed E-state index contributed by atoms with van der Waals surface area (Å²) >= 11 is 0. The van der Waals surface area contributed by atoms with Gasteiger partial charge in [0.2, 0.25) is 5.95 Å². The summed E-state index contributed by atoms with van der Waals surface area (Å²) in [5, 5.41) is 17.6. The van der Waals surface area contributed by atoms with Gasteiger partial charge in [0.05, 0.1) is 11.3 Å². The molecule has 1 heterocycles. The normalized spacial score (nSPS) is 9.80. The molecule has 0 spiro atoms. The van der Waals surface area contributed by atoms with Gasteiger partial charge < -0.3 is 11.5 Å². The molecule has 0 amide bonds. The molecule has 0 saturated heterocycles. The average Bonchev–Trinajstić information content (AvgIpc) is 2.40. The number of aromatic nitrogens is 2. The zero-order valence-corrected chi connectivity index (χ0v) is 9.85. The second-order valence-corrected chi connectivity index (χ2v) is 3.73. The summed E-state index contributed by atoms with van der Waals surface area (Å²) in [4.78, 5) is 7.28. The number of nitrogens with two attached hydrogens (primary N) is 2. The van der Waals surface area contributed by atoms with Gasteiger partial charge in [-0.25, -0.2) is 13.8 Å². The molecule has 2 rings (SSSR count). The van der Waals surface area contributed by atoms with Crippen LogP contribution >= 0.6 is 0 Å². The Bertz CT molecular complexity index is 788. The van der Waals surface area contributed by atoms with E-state index in [1.807, 2.05) is 0 Å². The van der Waals surface area contributed by atoms with Crippen molar-refractivity contribution in [2.45, 2.75) is 0 Å². The molecule has 0 unspecified atom stereocenters. The van der Waals surface area contributed by atoms with Gasteiger partial charge in [0, 0.05) is 5.56 Å². The van der Waals surface area contributed by atoms with Gasteiger partial charge in [-0.2, -0.15) is 15.5 Å². The van der Waals surface area contributed by atoms with Gasteiger partial charge in [0.1, 0.15) is 35.2 Å². The summed E-state index contributed by atoms with van der Waals surface area (Å²) in [6.07, 6.45) is 0. The molecule has 0 fully saturated rings. The van der Waals surface area contributed by atoms with Crippen molar-refractivity contribution < 1.29 is 8.78 Å². The first-order chi connectivity index (χ1) is 9.47. The maximum atomic E-state index is 13.9. The van der Waals surface area contributed by atoms with Gasteiger partial charge in [-0.1, -0.05) is 0 Å². The lowest BCUT2D eigenvalue weighted by molar-refractivity contribution is 0.599. The number of halogens is 2. The molecular weight excluding hydrogens is 266 g/mol. The summed E-state index contributed by atoms with van der Waals surface area (Å²) in [6, 6.07) is 4.68. The van der Waals surface area contributed by atoms with Gasteiger partial charge in [0.25, 0.3) is 0 Å². The Morgan fingerprint density at radius 3 is 2.30 bits per heavy atom. The largest absolute Gasteiger partial charge is 0.382 e. The molecule has 0 bridgehead atoms. The van der Waals surface area contributed by atoms with Crippen molar-refractivity contribution in [3.8, 4) is 23.4 Å². The second-order valence-electron chi connectivity index (χ2n) is 3.73. The number of rotatable bonds is 1. The molecule has 1 aromatic carbocycles. The minimum Gasteiger partial charge on any atom is -0.382 e. The van der Waals surface area contributed by atoms with Crippen LogP contribution in [0.5, 0.6) is 0 Å². The zero-order chi connectivity index (χ0) is 14.9. The minimum absolute atomic E-state index is 0.220. The molecule has 98 valence electrons. The Kier molecular flexibility index (Phi) is 3.15. The Morgan fingerprint density at radius 2 is 1.70 bits per heavy atom. The number of hydrogen-bond donors (Lipinski definition) is 2. The molecule has 0 saturated carbocycles. The highest BCUT2D eigenvalue weighted by Crippen LogP contribution is 2.29. The van der Waals surface area contributed by atoms with Gasteiger partial charge in [-0.3, -0.25) is 0 Å². The van der Waals surface area contributed by atoms with E-state index in [-0.39, 0.29) is 28.6 Å². The van der Waals surface area contributed by atoms with Crippen LogP contribution in [0.2, 0.25) is 0 Å². The third kappa shape index (κ3) is 2.06. The van der Waals surface area contributed by atoms with Gasteiger partial charge >= 0.3 is 0 Å². The van der Waals surface area contributed by atoms with Crippen LogP contribution < -0.4 is 11.5 Å². The molecule has 0 aliphatic carbocycles. The number of hydrogen-bond acceptors (Lipinski definition) is 6. The van der Waals surface area contributed by atoms with Crippen LogP contribution in [-0.2, 0) is 0 Å². The Hall–Kier alpha value is -3.26. The molecule has 0 aliphatic rings. The second kappa shape index (κ2) is 4.78. The Labute approximate surface area is 111 Å². The lowest BCUT2D eigenvalue weighted by Gasteiger charge is -2.08. The highest BCUT2D eigenvalue weighted by Gasteiger charge is 2.19. The molecule has 0 radical (unpaired) electrons. The van der Waals surface area contributed by atoms with Crippen molar-refractivity contribution in [3.05, 3.63) is 34.9 Å². The number of anilines is 2. The summed E-state index contributed by atoms with van der Waals surface area (Å²) in [5.74, 6) is -2.37. The fourth-order valence-corrected chi connectivity index (χ4v) is 1.62. The van der Waals surface area contributed by atoms with Crippen LogP contribution in [0, 0.1) is 34.3 Å². The first-order valence-electron chi connectivity index (χ1n) is 5.20. The van der Waals surface area contributed by atoms with Crippen LogP contribution in [0.4, 0.5) is 20.5 Å². The van der Waals surface area contributed by atoms with Crippen LogP contribution in [0.15, 0.2) is 12.1 Å². The minimum atomic E-state index is -0.941. The van der Waals surface area contributed by atoms with Gasteiger partial charge in [0.15, 0.2) is 0 Å². The zero-order valence-electron chi connectivity index (χ0n) is 9.85. The van der Waals surface area contributed by atoms with Crippen molar-refractivity contribution in [1.29, 1.82) is 10.5 Å². The summed E-state index contributed by atoms with van der Waals surface area (Å²) in [6.45, 7) is 0. The third-order valence-corrected chi connectivity index (χ3v) is 2.50. The average molecular weight is 272 g/mol. The van der Waals surface area contributed by atoms with Crippen LogP contribution in [-0.4, -0.2) is 9.97 Å². The monoisotopic (exact) mass is 272 g/mol. The van der Waals surface area contributed by atoms with E-state index in [2.05, 4.69) is 9.97 Å². The number of nitriles is 2. The van der Waals surface area contributed by atoms with E-state index in [0.717, 1.165) is 6.07 Å². The standard InChI is InChI=1S/C12H6F2N6/c13-8-2-6(9(14)1-5(8)3-15)10-7(4-16)11(17)20-12(18)19-10/h1-2H,(H4,17,18,19,20). The maximum Gasteiger partial charge on any atom is 0.222 e. The fraction of sp³-hybridized carbons (Fsp3) is 0. The smallest absolute Gasteiger partial charge is 0.222 e. The highest BCUT2D eigenvalue weighted by molar-refractivity contribution is 5.73. The van der Waals surface area contributed by atoms with Crippen molar-refractivity contribution in [3.63, 3.8) is 0 Å². The van der Waals surface area contributed by atoms with Crippen LogP contribution in [0.1, 0.15) is 11.1 Å². The van der Waals surface area contributed by atoms with E-state index >= 15 is 0 Å². The molecule has 20 heavy (non-hydrogen) atoms. The van der Waals surface area contributed by atoms with E-state index in [0.29, 0.717) is 6.07 Å². The van der Waals surface area contributed by atoms with Crippen LogP contribution in [0.3, 0.4) is 0 Å². The van der Waals surface area contributed by atoms with Crippen molar-refractivity contribution >= 4 is 11.8 Å². The Balaban J connectivity index is 2.80. The third-order valence-electron chi connectivity index (χ3n) is 2.50. The molecule has 1 aromatic heterocycles. The summed E-state index contributed by atoms with van der Waals surface area (Å²) < 4.78 is 27.5. The molecular formula is C12H6F2N6. The van der Waals surface area contributed by atoms with E-state index in [4.69, 9.17) is 22.0 Å². The first kappa shape index (κ1) is 13.2. The molecule has 2 aromatic rings. The lowest BCUT2D eigenvalue weighted by atomic mass is 10.0. The molecule has 4 N–H and O–H groups in total. The molecule has 0 atom stereocenters. The highest BCUT2D eigenvalue weighted by atomic mass is 19.1. The number of benzene rings is 1. The first-order valence-corrected chi connectivity index (χ1v) is 5.20. The van der Waals surface area contributed by atoms with Gasteiger partial charge in [-0.15, -0.1) is 0 Å². The summed E-state index contributed by atoms with van der Waals surface area (Å²) in [7, 11) is 0. The number of nitrogen functional groups attached to an aromatic ring is 2. The van der Waals surface area contributed by atoms with Crippen molar-refractivity contribution in [2.75, 3.05) is 11.5 Å². The summed E-state index contributed by atoms with van der Waals surface area (Å²) in [5.41, 5.74) is 9.65. The molecule has 8 heteroatoms. The quantitative estimate of drug-likeness (QED) is 0.806. The lowest BCUT2D eigenvalue weighted by Crippen LogP contribution is -2.06. The fourth-order valence-electron chi connectivity index (χ4n) is 1.62. The van der Waals surface area contributed by atoms with Crippen molar-refractivity contribution in [2.24, 2.45) is 0 Å². The predicted molar refractivity (Wildman–Crippen MR) is 65.6 cm³/mol. The molecule has 0 aliphatic heterocycles. The van der Waals surface area contributed by atoms with E-state index < -0.39 is 17.2 Å². The van der Waals surface area contributed by atoms with Crippen molar-refractivity contribution in [1.82, 2.24) is 9.97 Å². The topological polar surface area (TPSA) is 125 Å². The Morgan fingerprint density at radius 1 is 1.00 bits per heavy atom.